The molecule has 1 aromatic rings. The normalized spacial score (nSPS) is 18.4. The van der Waals surface area contributed by atoms with E-state index in [4.69, 9.17) is 9.47 Å². The number of pyridine rings is 1. The molecule has 0 radical (unpaired) electrons. The lowest BCUT2D eigenvalue weighted by atomic mass is 9.99. The molecule has 9 heteroatoms. The maximum atomic E-state index is 12.3. The molecule has 1 aromatic heterocycles. The molecule has 1 aliphatic heterocycles. The van der Waals surface area contributed by atoms with Gasteiger partial charge in [-0.1, -0.05) is 0 Å². The molecule has 3 rings (SSSR count). The van der Waals surface area contributed by atoms with Gasteiger partial charge in [0.15, 0.2) is 0 Å². The number of amidine groups is 1. The van der Waals surface area contributed by atoms with Crippen LogP contribution in [0.2, 0.25) is 0 Å². The van der Waals surface area contributed by atoms with Gasteiger partial charge in [-0.15, -0.1) is 11.8 Å². The van der Waals surface area contributed by atoms with Gasteiger partial charge in [0.05, 0.1) is 29.9 Å². The van der Waals surface area contributed by atoms with Crippen molar-refractivity contribution in [2.24, 2.45) is 9.98 Å². The van der Waals surface area contributed by atoms with Crippen LogP contribution in [0.5, 0.6) is 0 Å². The van der Waals surface area contributed by atoms with Crippen molar-refractivity contribution in [1.82, 2.24) is 10.3 Å². The Morgan fingerprint density at radius 1 is 1.25 bits per heavy atom. The van der Waals surface area contributed by atoms with Crippen LogP contribution in [0.3, 0.4) is 0 Å². The van der Waals surface area contributed by atoms with Crippen molar-refractivity contribution in [3.63, 3.8) is 0 Å². The Bertz CT molecular complexity index is 877. The molecule has 0 aromatic carbocycles. The molecule has 1 unspecified atom stereocenters. The third-order valence-electron chi connectivity index (χ3n) is 4.06. The SMILES string of the molecule is COC1=CC2=NC(CSCC(=O)NCc3ccncc3)=NC(=O)C2=CC1OC. The maximum Gasteiger partial charge on any atom is 0.280 e. The van der Waals surface area contributed by atoms with Crippen LogP contribution in [0.15, 0.2) is 58.0 Å². The van der Waals surface area contributed by atoms with Crippen LogP contribution >= 0.6 is 11.8 Å². The van der Waals surface area contributed by atoms with E-state index in [2.05, 4.69) is 20.3 Å². The molecule has 0 bridgehead atoms. The number of fused-ring (bicyclic) bond motifs is 1. The lowest BCUT2D eigenvalue weighted by molar-refractivity contribution is -0.118. The molecule has 8 nitrogen and oxygen atoms in total. The van der Waals surface area contributed by atoms with E-state index >= 15 is 0 Å². The summed E-state index contributed by atoms with van der Waals surface area (Å²) in [6.07, 6.45) is 6.26. The van der Waals surface area contributed by atoms with E-state index in [1.807, 2.05) is 12.1 Å². The molecular formula is C19H20N4O4S. The van der Waals surface area contributed by atoms with Gasteiger partial charge in [0.25, 0.3) is 5.91 Å². The summed E-state index contributed by atoms with van der Waals surface area (Å²) in [4.78, 5) is 36.6. The Kier molecular flexibility index (Phi) is 6.72. The molecule has 0 spiro atoms. The van der Waals surface area contributed by atoms with Crippen LogP contribution in [0, 0.1) is 0 Å². The van der Waals surface area contributed by atoms with E-state index < -0.39 is 6.10 Å². The number of ether oxygens (including phenoxy) is 2. The average molecular weight is 400 g/mol. The second kappa shape index (κ2) is 9.43. The Balaban J connectivity index is 1.53. The first-order chi connectivity index (χ1) is 13.6. The molecule has 2 amide bonds. The number of aliphatic imine (C=N–C) groups is 2. The summed E-state index contributed by atoms with van der Waals surface area (Å²) in [5, 5.41) is 2.84. The Morgan fingerprint density at radius 3 is 2.75 bits per heavy atom. The van der Waals surface area contributed by atoms with Crippen LogP contribution in [-0.2, 0) is 25.6 Å². The lowest BCUT2D eigenvalue weighted by Crippen LogP contribution is -2.28. The van der Waals surface area contributed by atoms with Gasteiger partial charge >= 0.3 is 0 Å². The monoisotopic (exact) mass is 400 g/mol. The minimum atomic E-state index is -0.432. The first-order valence-electron chi connectivity index (χ1n) is 8.55. The molecule has 0 saturated carbocycles. The molecule has 1 aliphatic carbocycles. The Hall–Kier alpha value is -2.78. The van der Waals surface area contributed by atoms with E-state index in [1.165, 1.54) is 26.0 Å². The van der Waals surface area contributed by atoms with Crippen LogP contribution in [-0.4, -0.2) is 60.2 Å². The maximum absolute atomic E-state index is 12.3. The number of allylic oxidation sites excluding steroid dienone is 1. The zero-order valence-electron chi connectivity index (χ0n) is 15.5. The first kappa shape index (κ1) is 20.0. The molecule has 146 valence electrons. The summed E-state index contributed by atoms with van der Waals surface area (Å²) in [5.41, 5.74) is 1.88. The van der Waals surface area contributed by atoms with Gasteiger partial charge in [-0.2, -0.15) is 4.99 Å². The van der Waals surface area contributed by atoms with Gasteiger partial charge in [0.2, 0.25) is 5.91 Å². The van der Waals surface area contributed by atoms with E-state index in [9.17, 15) is 9.59 Å². The number of nitrogens with one attached hydrogen (secondary N) is 1. The van der Waals surface area contributed by atoms with Gasteiger partial charge in [0.1, 0.15) is 17.7 Å². The number of hydrogen-bond acceptors (Lipinski definition) is 7. The van der Waals surface area contributed by atoms with Crippen molar-refractivity contribution < 1.29 is 19.1 Å². The fourth-order valence-corrected chi connectivity index (χ4v) is 3.34. The van der Waals surface area contributed by atoms with Crippen LogP contribution < -0.4 is 5.32 Å². The molecule has 0 saturated heterocycles. The lowest BCUT2D eigenvalue weighted by Gasteiger charge is -2.22. The number of rotatable bonds is 8. The molecule has 1 N–H and O–H groups in total. The minimum Gasteiger partial charge on any atom is -0.498 e. The number of methoxy groups -OCH3 is 2. The Labute approximate surface area is 166 Å². The largest absolute Gasteiger partial charge is 0.498 e. The van der Waals surface area contributed by atoms with Crippen molar-refractivity contribution in [1.29, 1.82) is 0 Å². The predicted molar refractivity (Wildman–Crippen MR) is 107 cm³/mol. The molecule has 0 fully saturated rings. The summed E-state index contributed by atoms with van der Waals surface area (Å²) < 4.78 is 10.6. The number of thioether (sulfide) groups is 1. The van der Waals surface area contributed by atoms with Crippen molar-refractivity contribution in [2.45, 2.75) is 12.6 Å². The minimum absolute atomic E-state index is 0.0973. The average Bonchev–Trinajstić information content (AvgIpc) is 2.72. The summed E-state index contributed by atoms with van der Waals surface area (Å²) in [7, 11) is 3.08. The highest BCUT2D eigenvalue weighted by Crippen LogP contribution is 2.23. The summed E-state index contributed by atoms with van der Waals surface area (Å²) in [5.74, 6) is 1.09. The van der Waals surface area contributed by atoms with E-state index in [-0.39, 0.29) is 17.6 Å². The van der Waals surface area contributed by atoms with Crippen LogP contribution in [0.25, 0.3) is 0 Å². The van der Waals surface area contributed by atoms with Gasteiger partial charge < -0.3 is 14.8 Å². The predicted octanol–water partition coefficient (Wildman–Crippen LogP) is 1.30. The molecule has 2 heterocycles. The summed E-state index contributed by atoms with van der Waals surface area (Å²) >= 11 is 1.35. The van der Waals surface area contributed by atoms with Gasteiger partial charge in [-0.05, 0) is 23.8 Å². The standard InChI is InChI=1S/C19H20N4O4S/c1-26-15-7-13-14(8-16(15)27-2)22-17(23-19(13)25)10-28-11-18(24)21-9-12-3-5-20-6-4-12/h3-8,15H,9-11H2,1-2H3,(H,21,24). The van der Waals surface area contributed by atoms with Crippen molar-refractivity contribution >= 4 is 35.1 Å². The van der Waals surface area contributed by atoms with Gasteiger partial charge in [-0.25, -0.2) is 4.99 Å². The van der Waals surface area contributed by atoms with Crippen LogP contribution in [0.1, 0.15) is 5.56 Å². The number of hydrogen-bond donors (Lipinski definition) is 1. The summed E-state index contributed by atoms with van der Waals surface area (Å²) in [6, 6.07) is 3.69. The highest BCUT2D eigenvalue weighted by molar-refractivity contribution is 8.00. The van der Waals surface area contributed by atoms with E-state index in [0.717, 1.165) is 5.56 Å². The Morgan fingerprint density at radius 2 is 2.04 bits per heavy atom. The van der Waals surface area contributed by atoms with Crippen molar-refractivity contribution in [2.75, 3.05) is 25.7 Å². The number of amides is 2. The fraction of sp³-hybridized carbons (Fsp3) is 0.316. The van der Waals surface area contributed by atoms with E-state index in [0.29, 0.717) is 35.2 Å². The van der Waals surface area contributed by atoms with Gasteiger partial charge in [-0.3, -0.25) is 14.6 Å². The smallest absolute Gasteiger partial charge is 0.280 e. The molecule has 1 atom stereocenters. The highest BCUT2D eigenvalue weighted by atomic mass is 32.2. The third-order valence-corrected chi connectivity index (χ3v) is 4.99. The zero-order chi connectivity index (χ0) is 19.9. The number of carbonyl (C=O) groups is 2. The quantitative estimate of drug-likeness (QED) is 0.706. The molecule has 2 aliphatic rings. The summed E-state index contributed by atoms with van der Waals surface area (Å²) in [6.45, 7) is 0.447. The first-order valence-corrected chi connectivity index (χ1v) is 9.70. The second-order valence-electron chi connectivity index (χ2n) is 5.94. The van der Waals surface area contributed by atoms with Gasteiger partial charge in [0, 0.05) is 32.1 Å². The van der Waals surface area contributed by atoms with Crippen molar-refractivity contribution in [3.05, 3.63) is 53.6 Å². The third kappa shape index (κ3) is 4.93. The zero-order valence-corrected chi connectivity index (χ0v) is 16.4. The molecule has 28 heavy (non-hydrogen) atoms. The van der Waals surface area contributed by atoms with Crippen LogP contribution in [0.4, 0.5) is 0 Å². The van der Waals surface area contributed by atoms with E-state index in [1.54, 1.807) is 24.5 Å². The fourth-order valence-electron chi connectivity index (χ4n) is 2.64. The highest BCUT2D eigenvalue weighted by Gasteiger charge is 2.28. The topological polar surface area (TPSA) is 102 Å². The second-order valence-corrected chi connectivity index (χ2v) is 6.93. The number of carbonyl (C=O) groups excluding carboxylic acids is 2. The van der Waals surface area contributed by atoms with Crippen molar-refractivity contribution in [3.8, 4) is 0 Å². The molecular weight excluding hydrogens is 380 g/mol. The number of nitrogens with zero attached hydrogens (tertiary/aromatic N) is 3. The number of aromatic nitrogens is 1.